The molecule has 1 fully saturated rings. The topological polar surface area (TPSA) is 41.6 Å². The van der Waals surface area contributed by atoms with Crippen LogP contribution in [0.4, 0.5) is 5.69 Å². The van der Waals surface area contributed by atoms with Gasteiger partial charge in [0.1, 0.15) is 0 Å². The number of benzene rings is 1. The number of piperazine rings is 1. The smallest absolute Gasteiger partial charge is 0.338 e. The largest absolute Gasteiger partial charge is 0.462 e. The van der Waals surface area contributed by atoms with Crippen LogP contribution < -0.4 is 10.2 Å². The van der Waals surface area contributed by atoms with Crippen LogP contribution in [0, 0.1) is 0 Å². The number of esters is 1. The van der Waals surface area contributed by atoms with Gasteiger partial charge in [0.25, 0.3) is 0 Å². The molecule has 1 N–H and O–H groups in total. The molecule has 4 nitrogen and oxygen atoms in total. The van der Waals surface area contributed by atoms with Gasteiger partial charge in [-0.15, -0.1) is 0 Å². The zero-order valence-electron chi connectivity index (χ0n) is 11.0. The second kappa shape index (κ2) is 5.87. The minimum absolute atomic E-state index is 0.252. The van der Waals surface area contributed by atoms with Crippen molar-refractivity contribution in [2.75, 3.05) is 31.1 Å². The summed E-state index contributed by atoms with van der Waals surface area (Å²) in [6, 6.07) is 8.14. The van der Waals surface area contributed by atoms with Crippen LogP contribution in [0.2, 0.25) is 0 Å². The van der Waals surface area contributed by atoms with Gasteiger partial charge in [0, 0.05) is 31.4 Å². The van der Waals surface area contributed by atoms with Crippen molar-refractivity contribution in [3.05, 3.63) is 29.8 Å². The van der Waals surface area contributed by atoms with Crippen LogP contribution in [0.5, 0.6) is 0 Å². The fraction of sp³-hybridized carbons (Fsp3) is 0.500. The van der Waals surface area contributed by atoms with E-state index in [-0.39, 0.29) is 5.97 Å². The summed E-state index contributed by atoms with van der Waals surface area (Å²) in [5.41, 5.74) is 1.78. The van der Waals surface area contributed by atoms with E-state index in [1.807, 2.05) is 31.2 Å². The maximum atomic E-state index is 11.6. The fourth-order valence-corrected chi connectivity index (χ4v) is 2.23. The first-order valence-electron chi connectivity index (χ1n) is 6.47. The molecule has 2 rings (SSSR count). The Hall–Kier alpha value is -1.55. The van der Waals surface area contributed by atoms with Crippen LogP contribution in [-0.2, 0) is 4.74 Å². The van der Waals surface area contributed by atoms with Gasteiger partial charge in [-0.3, -0.25) is 0 Å². The highest BCUT2D eigenvalue weighted by molar-refractivity contribution is 5.89. The van der Waals surface area contributed by atoms with Crippen molar-refractivity contribution in [2.24, 2.45) is 0 Å². The van der Waals surface area contributed by atoms with E-state index in [0.29, 0.717) is 18.2 Å². The third-order valence-corrected chi connectivity index (χ3v) is 3.21. The average molecular weight is 248 g/mol. The van der Waals surface area contributed by atoms with Gasteiger partial charge in [-0.25, -0.2) is 4.79 Å². The van der Waals surface area contributed by atoms with Gasteiger partial charge in [-0.1, -0.05) is 0 Å². The highest BCUT2D eigenvalue weighted by Gasteiger charge is 2.18. The molecule has 0 spiro atoms. The quantitative estimate of drug-likeness (QED) is 0.826. The minimum atomic E-state index is -0.252. The predicted octanol–water partition coefficient (Wildman–Crippen LogP) is 1.66. The Balaban J connectivity index is 2.09. The molecule has 1 aliphatic heterocycles. The molecule has 1 aromatic carbocycles. The Kier molecular flexibility index (Phi) is 4.20. The van der Waals surface area contributed by atoms with E-state index < -0.39 is 0 Å². The molecule has 0 amide bonds. The van der Waals surface area contributed by atoms with Crippen LogP contribution in [0.3, 0.4) is 0 Å². The van der Waals surface area contributed by atoms with Crippen LogP contribution >= 0.6 is 0 Å². The van der Waals surface area contributed by atoms with Gasteiger partial charge in [-0.2, -0.15) is 0 Å². The van der Waals surface area contributed by atoms with Crippen LogP contribution in [0.25, 0.3) is 0 Å². The maximum absolute atomic E-state index is 11.6. The molecule has 0 saturated carbocycles. The van der Waals surface area contributed by atoms with E-state index in [2.05, 4.69) is 17.1 Å². The zero-order chi connectivity index (χ0) is 13.0. The average Bonchev–Trinajstić information content (AvgIpc) is 2.40. The monoisotopic (exact) mass is 248 g/mol. The van der Waals surface area contributed by atoms with E-state index in [4.69, 9.17) is 4.74 Å². The fourth-order valence-electron chi connectivity index (χ4n) is 2.23. The third kappa shape index (κ3) is 2.82. The molecular formula is C14H20N2O2. The first-order valence-corrected chi connectivity index (χ1v) is 6.47. The van der Waals surface area contributed by atoms with E-state index >= 15 is 0 Å². The lowest BCUT2D eigenvalue weighted by atomic mass is 10.1. The van der Waals surface area contributed by atoms with E-state index in [1.54, 1.807) is 0 Å². The number of anilines is 1. The lowest BCUT2D eigenvalue weighted by Crippen LogP contribution is -2.49. The molecule has 0 aromatic heterocycles. The zero-order valence-corrected chi connectivity index (χ0v) is 11.0. The van der Waals surface area contributed by atoms with Gasteiger partial charge >= 0.3 is 5.97 Å². The van der Waals surface area contributed by atoms with Crippen LogP contribution in [0.15, 0.2) is 24.3 Å². The van der Waals surface area contributed by atoms with Crippen LogP contribution in [-0.4, -0.2) is 38.3 Å². The summed E-state index contributed by atoms with van der Waals surface area (Å²) in [5, 5.41) is 3.36. The van der Waals surface area contributed by atoms with Crippen molar-refractivity contribution in [1.82, 2.24) is 5.32 Å². The van der Waals surface area contributed by atoms with E-state index in [1.165, 1.54) is 0 Å². The Labute approximate surface area is 108 Å². The summed E-state index contributed by atoms with van der Waals surface area (Å²) in [6.07, 6.45) is 0. The number of hydrogen-bond donors (Lipinski definition) is 1. The molecule has 0 radical (unpaired) electrons. The SMILES string of the molecule is CCOC(=O)c1ccc(N2CCNC[C@H]2C)cc1. The van der Waals surface area contributed by atoms with E-state index in [0.717, 1.165) is 25.3 Å². The number of carbonyl (C=O) groups is 1. The van der Waals surface area contributed by atoms with Crippen LogP contribution in [0.1, 0.15) is 24.2 Å². The van der Waals surface area contributed by atoms with Gasteiger partial charge in [0.15, 0.2) is 0 Å². The van der Waals surface area contributed by atoms with E-state index in [9.17, 15) is 4.79 Å². The molecule has 4 heteroatoms. The summed E-state index contributed by atoms with van der Waals surface area (Å²) in [7, 11) is 0. The number of ether oxygens (including phenoxy) is 1. The lowest BCUT2D eigenvalue weighted by molar-refractivity contribution is 0.0526. The first kappa shape index (κ1) is 12.9. The summed E-state index contributed by atoms with van der Waals surface area (Å²) in [4.78, 5) is 13.9. The standard InChI is InChI=1S/C14H20N2O2/c1-3-18-14(17)12-4-6-13(7-5-12)16-9-8-15-10-11(16)2/h4-7,11,15H,3,8-10H2,1-2H3/t11-/m1/s1. The molecule has 1 aliphatic rings. The molecule has 1 heterocycles. The lowest BCUT2D eigenvalue weighted by Gasteiger charge is -2.35. The van der Waals surface area contributed by atoms with Crippen molar-refractivity contribution in [2.45, 2.75) is 19.9 Å². The number of rotatable bonds is 3. The molecule has 98 valence electrons. The summed E-state index contributed by atoms with van der Waals surface area (Å²) < 4.78 is 4.97. The molecule has 0 unspecified atom stereocenters. The predicted molar refractivity (Wildman–Crippen MR) is 72.1 cm³/mol. The molecule has 18 heavy (non-hydrogen) atoms. The molecule has 1 atom stereocenters. The van der Waals surface area contributed by atoms with Crippen molar-refractivity contribution in [1.29, 1.82) is 0 Å². The van der Waals surface area contributed by atoms with Gasteiger partial charge in [0.2, 0.25) is 0 Å². The second-order valence-corrected chi connectivity index (χ2v) is 4.51. The van der Waals surface area contributed by atoms with Crippen molar-refractivity contribution >= 4 is 11.7 Å². The van der Waals surface area contributed by atoms with Gasteiger partial charge in [0.05, 0.1) is 12.2 Å². The number of carbonyl (C=O) groups excluding carboxylic acids is 1. The normalized spacial score (nSPS) is 19.7. The van der Waals surface area contributed by atoms with Crippen molar-refractivity contribution < 1.29 is 9.53 Å². The molecule has 0 aliphatic carbocycles. The maximum Gasteiger partial charge on any atom is 0.338 e. The van der Waals surface area contributed by atoms with Gasteiger partial charge in [-0.05, 0) is 38.1 Å². The molecular weight excluding hydrogens is 228 g/mol. The first-order chi connectivity index (χ1) is 8.72. The molecule has 1 saturated heterocycles. The second-order valence-electron chi connectivity index (χ2n) is 4.51. The number of nitrogens with one attached hydrogen (secondary N) is 1. The van der Waals surface area contributed by atoms with Gasteiger partial charge < -0.3 is 15.0 Å². The summed E-state index contributed by atoms with van der Waals surface area (Å²) in [5.74, 6) is -0.252. The molecule has 1 aromatic rings. The highest BCUT2D eigenvalue weighted by atomic mass is 16.5. The Morgan fingerprint density at radius 1 is 1.44 bits per heavy atom. The van der Waals surface area contributed by atoms with Crippen molar-refractivity contribution in [3.8, 4) is 0 Å². The Morgan fingerprint density at radius 2 is 2.17 bits per heavy atom. The summed E-state index contributed by atoms with van der Waals surface area (Å²) >= 11 is 0. The third-order valence-electron chi connectivity index (χ3n) is 3.21. The Bertz CT molecular complexity index is 403. The Morgan fingerprint density at radius 3 is 2.78 bits per heavy atom. The van der Waals surface area contributed by atoms with Crippen molar-refractivity contribution in [3.63, 3.8) is 0 Å². The number of hydrogen-bond acceptors (Lipinski definition) is 4. The number of nitrogens with zero attached hydrogens (tertiary/aromatic N) is 1. The summed E-state index contributed by atoms with van der Waals surface area (Å²) in [6.45, 7) is 7.43. The highest BCUT2D eigenvalue weighted by Crippen LogP contribution is 2.19. The molecule has 0 bridgehead atoms. The minimum Gasteiger partial charge on any atom is -0.462 e.